The Bertz CT molecular complexity index is 403. The second-order valence-electron chi connectivity index (χ2n) is 4.91. The van der Waals surface area contributed by atoms with E-state index in [1.807, 2.05) is 0 Å². The molecular formula is C11H19NO9. The summed E-state index contributed by atoms with van der Waals surface area (Å²) in [6, 6.07) is -1.27. The number of aliphatic hydroxyl groups excluding tert-OH is 4. The summed E-state index contributed by atoms with van der Waals surface area (Å²) in [7, 11) is 0. The number of amides is 1. The average molecular weight is 310 g/mol. The van der Waals surface area contributed by atoms with Crippen molar-refractivity contribution in [3.05, 3.63) is 0 Å². The molecule has 122 valence electrons. The number of hydrogen-bond acceptors (Lipinski definition) is 8. The van der Waals surface area contributed by atoms with Gasteiger partial charge < -0.3 is 40.7 Å². The Morgan fingerprint density at radius 3 is 2.43 bits per heavy atom. The maximum Gasteiger partial charge on any atom is 0.364 e. The minimum absolute atomic E-state index is 0.598. The van der Waals surface area contributed by atoms with Crippen LogP contribution >= 0.6 is 0 Å². The van der Waals surface area contributed by atoms with Crippen molar-refractivity contribution < 1.29 is 45.0 Å². The van der Waals surface area contributed by atoms with Crippen LogP contribution in [-0.4, -0.2) is 85.4 Å². The largest absolute Gasteiger partial charge is 0.477 e. The van der Waals surface area contributed by atoms with Crippen LogP contribution in [0.25, 0.3) is 0 Å². The van der Waals surface area contributed by atoms with Crippen molar-refractivity contribution in [3.8, 4) is 0 Å². The van der Waals surface area contributed by atoms with Crippen LogP contribution in [0.15, 0.2) is 0 Å². The highest BCUT2D eigenvalue weighted by Crippen LogP contribution is 2.30. The monoisotopic (exact) mass is 310 g/mol. The van der Waals surface area contributed by atoms with Crippen LogP contribution in [-0.2, 0) is 14.3 Å². The van der Waals surface area contributed by atoms with Gasteiger partial charge in [0.05, 0.1) is 18.8 Å². The van der Waals surface area contributed by atoms with E-state index in [0.29, 0.717) is 0 Å². The van der Waals surface area contributed by atoms with Crippen LogP contribution in [0.5, 0.6) is 0 Å². The van der Waals surface area contributed by atoms with Crippen molar-refractivity contribution in [1.82, 2.24) is 5.32 Å². The third-order valence-corrected chi connectivity index (χ3v) is 3.21. The summed E-state index contributed by atoms with van der Waals surface area (Å²) < 4.78 is 4.86. The van der Waals surface area contributed by atoms with E-state index in [9.17, 15) is 30.0 Å². The first-order chi connectivity index (χ1) is 9.62. The molecule has 1 fully saturated rings. The normalized spacial score (nSPS) is 35.8. The van der Waals surface area contributed by atoms with Gasteiger partial charge in [-0.2, -0.15) is 0 Å². The van der Waals surface area contributed by atoms with E-state index < -0.39 is 61.1 Å². The molecule has 1 aliphatic rings. The van der Waals surface area contributed by atoms with E-state index >= 15 is 0 Å². The van der Waals surface area contributed by atoms with E-state index in [4.69, 9.17) is 14.9 Å². The lowest BCUT2D eigenvalue weighted by Crippen LogP contribution is -2.67. The van der Waals surface area contributed by atoms with Gasteiger partial charge in [-0.05, 0) is 0 Å². The summed E-state index contributed by atoms with van der Waals surface area (Å²) in [5.74, 6) is -5.17. The lowest BCUT2D eigenvalue weighted by molar-refractivity contribution is -0.295. The second kappa shape index (κ2) is 6.64. The van der Waals surface area contributed by atoms with Crippen molar-refractivity contribution in [1.29, 1.82) is 0 Å². The molecule has 0 aromatic rings. The molecule has 0 bridgehead atoms. The molecule has 0 radical (unpaired) electrons. The summed E-state index contributed by atoms with van der Waals surface area (Å²) in [6.45, 7) is 0.256. The number of aliphatic carboxylic acids is 1. The zero-order valence-electron chi connectivity index (χ0n) is 11.2. The molecule has 0 aromatic heterocycles. The molecule has 1 unspecified atom stereocenters. The van der Waals surface area contributed by atoms with Gasteiger partial charge >= 0.3 is 5.97 Å². The molecule has 0 aromatic carbocycles. The number of ether oxygens (including phenoxy) is 1. The fourth-order valence-corrected chi connectivity index (χ4v) is 2.14. The van der Waals surface area contributed by atoms with E-state index in [1.165, 1.54) is 0 Å². The first-order valence-electron chi connectivity index (χ1n) is 6.18. The predicted molar refractivity (Wildman–Crippen MR) is 64.8 cm³/mol. The number of carboxylic acids is 1. The highest BCUT2D eigenvalue weighted by Gasteiger charge is 2.53. The third kappa shape index (κ3) is 3.87. The van der Waals surface area contributed by atoms with Crippen molar-refractivity contribution in [2.24, 2.45) is 0 Å². The molecule has 0 aliphatic carbocycles. The molecule has 1 aliphatic heterocycles. The molecule has 21 heavy (non-hydrogen) atoms. The Labute approximate surface area is 119 Å². The summed E-state index contributed by atoms with van der Waals surface area (Å²) in [4.78, 5) is 22.1. The molecule has 0 spiro atoms. The van der Waals surface area contributed by atoms with E-state index in [0.717, 1.165) is 6.92 Å². The minimum atomic E-state index is -2.78. The third-order valence-electron chi connectivity index (χ3n) is 3.21. The molecule has 6 atom stereocenters. The number of carbonyl (C=O) groups is 2. The topological polar surface area (TPSA) is 177 Å². The van der Waals surface area contributed by atoms with Crippen LogP contribution < -0.4 is 5.32 Å². The van der Waals surface area contributed by atoms with Gasteiger partial charge in [-0.3, -0.25) is 4.79 Å². The zero-order chi connectivity index (χ0) is 16.4. The van der Waals surface area contributed by atoms with Crippen molar-refractivity contribution >= 4 is 11.9 Å². The Kier molecular flexibility index (Phi) is 5.61. The van der Waals surface area contributed by atoms with Crippen LogP contribution in [0.4, 0.5) is 0 Å². The first-order valence-corrected chi connectivity index (χ1v) is 6.18. The molecule has 10 nitrogen and oxygen atoms in total. The number of carbonyl (C=O) groups excluding carboxylic acids is 1. The van der Waals surface area contributed by atoms with Crippen LogP contribution in [0.3, 0.4) is 0 Å². The van der Waals surface area contributed by atoms with Gasteiger partial charge in [0.2, 0.25) is 5.91 Å². The highest BCUT2D eigenvalue weighted by atomic mass is 16.7. The van der Waals surface area contributed by atoms with Gasteiger partial charge in [0.1, 0.15) is 18.3 Å². The number of hydrogen-bond donors (Lipinski definition) is 7. The summed E-state index contributed by atoms with van der Waals surface area (Å²) in [5, 5.41) is 59.0. The zero-order valence-corrected chi connectivity index (χ0v) is 11.2. The average Bonchev–Trinajstić information content (AvgIpc) is 2.39. The summed E-state index contributed by atoms with van der Waals surface area (Å²) in [5.41, 5.74) is 0. The number of nitrogens with one attached hydrogen (secondary N) is 1. The Morgan fingerprint density at radius 2 is 2.00 bits per heavy atom. The molecule has 10 heteroatoms. The van der Waals surface area contributed by atoms with Crippen LogP contribution in [0.1, 0.15) is 13.3 Å². The van der Waals surface area contributed by atoms with E-state index in [2.05, 4.69) is 5.32 Å². The highest BCUT2D eigenvalue weighted by molar-refractivity contribution is 5.76. The van der Waals surface area contributed by atoms with Crippen molar-refractivity contribution in [3.63, 3.8) is 0 Å². The predicted octanol–water partition coefficient (Wildman–Crippen LogP) is -3.87. The van der Waals surface area contributed by atoms with Gasteiger partial charge in [-0.15, -0.1) is 0 Å². The molecule has 7 N–H and O–H groups in total. The van der Waals surface area contributed by atoms with Crippen molar-refractivity contribution in [2.45, 2.75) is 49.6 Å². The fraction of sp³-hybridized carbons (Fsp3) is 0.818. The molecule has 1 rings (SSSR count). The Balaban J connectivity index is 3.07. The fourth-order valence-electron chi connectivity index (χ4n) is 2.14. The first kappa shape index (κ1) is 17.8. The number of rotatable bonds is 5. The second-order valence-corrected chi connectivity index (χ2v) is 4.91. The van der Waals surface area contributed by atoms with Gasteiger partial charge in [0.25, 0.3) is 5.79 Å². The Morgan fingerprint density at radius 1 is 1.43 bits per heavy atom. The molecule has 1 amide bonds. The molecule has 0 saturated carbocycles. The van der Waals surface area contributed by atoms with Gasteiger partial charge in [0.15, 0.2) is 0 Å². The number of aliphatic hydroxyl groups is 5. The standard InChI is InChI=1S/C11H19NO9/c1-4(14)12-7-5(15)2-11(20,10(18)19)21-9(7)8(17)6(16)3-13/h5-9,13,15-17,20H,2-3H2,1H3,(H,12,14)(H,18,19)/t5-,6+,7+,8-,9+,11?/m0/s1/i3+1. The SMILES string of the molecule is CC(=O)N[C@H]1[C@H]([C@@H](O)[C@H](O)[13CH2]O)OC(O)(C(=O)O)C[C@@H]1O. The molecule has 1 saturated heterocycles. The van der Waals surface area contributed by atoms with Gasteiger partial charge in [-0.25, -0.2) is 4.79 Å². The van der Waals surface area contributed by atoms with Gasteiger partial charge in [-0.1, -0.05) is 0 Å². The minimum Gasteiger partial charge on any atom is -0.477 e. The maximum atomic E-state index is 11.1. The number of carboxylic acid groups (broad SMARTS) is 1. The lowest BCUT2D eigenvalue weighted by atomic mass is 9.89. The lowest BCUT2D eigenvalue weighted by Gasteiger charge is -2.44. The quantitative estimate of drug-likeness (QED) is 0.250. The van der Waals surface area contributed by atoms with Crippen LogP contribution in [0, 0.1) is 0 Å². The summed E-state index contributed by atoms with van der Waals surface area (Å²) >= 11 is 0. The molecular weight excluding hydrogens is 291 g/mol. The Hall–Kier alpha value is -1.30. The smallest absolute Gasteiger partial charge is 0.364 e. The van der Waals surface area contributed by atoms with Crippen molar-refractivity contribution in [2.75, 3.05) is 6.61 Å². The van der Waals surface area contributed by atoms with Gasteiger partial charge in [0, 0.05) is 13.3 Å². The van der Waals surface area contributed by atoms with Crippen LogP contribution in [0.2, 0.25) is 0 Å². The van der Waals surface area contributed by atoms with E-state index in [-0.39, 0.29) is 0 Å². The van der Waals surface area contributed by atoms with E-state index in [1.54, 1.807) is 0 Å². The molecule has 1 heterocycles. The maximum absolute atomic E-state index is 11.1. The summed E-state index contributed by atoms with van der Waals surface area (Å²) in [6.07, 6.45) is -7.48.